The van der Waals surface area contributed by atoms with Crippen LogP contribution in [0.4, 0.5) is 0 Å². The van der Waals surface area contributed by atoms with E-state index >= 15 is 0 Å². The number of H-pyrrole nitrogens is 1. The first-order chi connectivity index (χ1) is 11.0. The number of benzene rings is 1. The summed E-state index contributed by atoms with van der Waals surface area (Å²) in [6.07, 6.45) is 3.94. The van der Waals surface area contributed by atoms with Crippen molar-refractivity contribution in [3.05, 3.63) is 53.5 Å². The van der Waals surface area contributed by atoms with E-state index in [4.69, 9.17) is 0 Å². The zero-order valence-electron chi connectivity index (χ0n) is 13.2. The molecule has 2 aromatic heterocycles. The largest absolute Gasteiger partial charge is 0.480 e. The predicted molar refractivity (Wildman–Crippen MR) is 88.2 cm³/mol. The molecule has 120 valence electrons. The van der Waals surface area contributed by atoms with Crippen LogP contribution in [0.5, 0.6) is 0 Å². The molecule has 0 saturated carbocycles. The molecule has 0 bridgehead atoms. The van der Waals surface area contributed by atoms with E-state index in [0.717, 1.165) is 16.8 Å². The molecular formula is C17H20N4O2. The first kappa shape index (κ1) is 15.3. The standard InChI is InChI=1S/C17H20N4O2/c1-11-4-3-5-15-14(11)7-13(20-15)9-18-16(17(22)23)6-12-8-19-21(2)10-12/h3-5,7-8,10,16,18,20H,6,9H2,1-2H3,(H,22,23). The summed E-state index contributed by atoms with van der Waals surface area (Å²) < 4.78 is 1.68. The van der Waals surface area contributed by atoms with Gasteiger partial charge in [0, 0.05) is 42.8 Å². The van der Waals surface area contributed by atoms with Crippen molar-refractivity contribution in [3.63, 3.8) is 0 Å². The van der Waals surface area contributed by atoms with Crippen molar-refractivity contribution in [1.82, 2.24) is 20.1 Å². The number of rotatable bonds is 6. The Morgan fingerprint density at radius 3 is 2.96 bits per heavy atom. The second-order valence-corrected chi connectivity index (χ2v) is 5.83. The molecule has 1 atom stereocenters. The average Bonchev–Trinajstić information content (AvgIpc) is 3.10. The molecule has 0 aliphatic heterocycles. The van der Waals surface area contributed by atoms with E-state index in [1.165, 1.54) is 10.9 Å². The second kappa shape index (κ2) is 6.26. The number of aryl methyl sites for hydroxylation is 2. The van der Waals surface area contributed by atoms with Crippen molar-refractivity contribution in [1.29, 1.82) is 0 Å². The van der Waals surface area contributed by atoms with Crippen LogP contribution in [0, 0.1) is 6.92 Å². The Balaban J connectivity index is 1.70. The third kappa shape index (κ3) is 3.43. The maximum atomic E-state index is 11.5. The van der Waals surface area contributed by atoms with Gasteiger partial charge in [-0.05, 0) is 30.2 Å². The lowest BCUT2D eigenvalue weighted by atomic mass is 10.1. The smallest absolute Gasteiger partial charge is 0.321 e. The third-order valence-electron chi connectivity index (χ3n) is 3.97. The molecule has 1 aromatic carbocycles. The Kier molecular flexibility index (Phi) is 4.16. The number of carbonyl (C=O) groups is 1. The van der Waals surface area contributed by atoms with Crippen LogP contribution >= 0.6 is 0 Å². The number of hydrogen-bond donors (Lipinski definition) is 3. The summed E-state index contributed by atoms with van der Waals surface area (Å²) in [7, 11) is 1.82. The van der Waals surface area contributed by atoms with Gasteiger partial charge in [0.05, 0.1) is 6.20 Å². The number of fused-ring (bicyclic) bond motifs is 1. The molecule has 6 nitrogen and oxygen atoms in total. The van der Waals surface area contributed by atoms with Crippen molar-refractivity contribution in [2.75, 3.05) is 0 Å². The lowest BCUT2D eigenvalue weighted by molar-refractivity contribution is -0.139. The molecule has 3 N–H and O–H groups in total. The van der Waals surface area contributed by atoms with E-state index in [1.807, 2.05) is 25.4 Å². The summed E-state index contributed by atoms with van der Waals surface area (Å²) in [5.41, 5.74) is 4.16. The zero-order chi connectivity index (χ0) is 16.4. The van der Waals surface area contributed by atoms with Crippen molar-refractivity contribution < 1.29 is 9.90 Å². The lowest BCUT2D eigenvalue weighted by Crippen LogP contribution is -2.38. The number of aromatic nitrogens is 3. The SMILES string of the molecule is Cc1cccc2[nH]c(CNC(Cc3cnn(C)c3)C(=O)O)cc12. The van der Waals surface area contributed by atoms with Gasteiger partial charge in [-0.15, -0.1) is 0 Å². The van der Waals surface area contributed by atoms with Crippen LogP contribution in [0.2, 0.25) is 0 Å². The maximum absolute atomic E-state index is 11.5. The van der Waals surface area contributed by atoms with E-state index in [2.05, 4.69) is 34.5 Å². The van der Waals surface area contributed by atoms with Crippen LogP contribution < -0.4 is 5.32 Å². The Morgan fingerprint density at radius 1 is 1.48 bits per heavy atom. The summed E-state index contributed by atoms with van der Waals surface area (Å²) in [6, 6.07) is 7.52. The second-order valence-electron chi connectivity index (χ2n) is 5.83. The zero-order valence-corrected chi connectivity index (χ0v) is 13.2. The van der Waals surface area contributed by atoms with Crippen LogP contribution in [0.15, 0.2) is 36.7 Å². The highest BCUT2D eigenvalue weighted by atomic mass is 16.4. The van der Waals surface area contributed by atoms with E-state index < -0.39 is 12.0 Å². The highest BCUT2D eigenvalue weighted by Crippen LogP contribution is 2.19. The van der Waals surface area contributed by atoms with Crippen LogP contribution in [-0.4, -0.2) is 31.9 Å². The van der Waals surface area contributed by atoms with Crippen LogP contribution in [-0.2, 0) is 24.8 Å². The minimum atomic E-state index is -0.860. The number of nitrogens with zero attached hydrogens (tertiary/aromatic N) is 2. The van der Waals surface area contributed by atoms with Gasteiger partial charge >= 0.3 is 5.97 Å². The fraction of sp³-hybridized carbons (Fsp3) is 0.294. The van der Waals surface area contributed by atoms with Crippen molar-refractivity contribution in [3.8, 4) is 0 Å². The van der Waals surface area contributed by atoms with Gasteiger partial charge in [0.25, 0.3) is 0 Å². The van der Waals surface area contributed by atoms with Crippen molar-refractivity contribution >= 4 is 16.9 Å². The maximum Gasteiger partial charge on any atom is 0.321 e. The first-order valence-electron chi connectivity index (χ1n) is 7.54. The normalized spacial score (nSPS) is 12.6. The number of nitrogens with one attached hydrogen (secondary N) is 2. The van der Waals surface area contributed by atoms with Gasteiger partial charge in [0.15, 0.2) is 0 Å². The Hall–Kier alpha value is -2.60. The number of carboxylic acids is 1. The van der Waals surface area contributed by atoms with Crippen LogP contribution in [0.25, 0.3) is 10.9 Å². The Morgan fingerprint density at radius 2 is 2.30 bits per heavy atom. The van der Waals surface area contributed by atoms with Gasteiger partial charge in [-0.25, -0.2) is 0 Å². The van der Waals surface area contributed by atoms with E-state index in [1.54, 1.807) is 10.9 Å². The van der Waals surface area contributed by atoms with Gasteiger partial charge in [-0.2, -0.15) is 5.10 Å². The molecule has 23 heavy (non-hydrogen) atoms. The van der Waals surface area contributed by atoms with Gasteiger partial charge in [0.1, 0.15) is 6.04 Å². The van der Waals surface area contributed by atoms with Gasteiger partial charge in [0.2, 0.25) is 0 Å². The molecule has 0 amide bonds. The summed E-state index contributed by atoms with van der Waals surface area (Å²) in [5, 5.41) is 17.8. The topological polar surface area (TPSA) is 82.9 Å². The molecule has 0 spiro atoms. The number of carboxylic acid groups (broad SMARTS) is 1. The van der Waals surface area contributed by atoms with Gasteiger partial charge < -0.3 is 10.1 Å². The minimum Gasteiger partial charge on any atom is -0.480 e. The highest BCUT2D eigenvalue weighted by Gasteiger charge is 2.18. The third-order valence-corrected chi connectivity index (χ3v) is 3.97. The Bertz CT molecular complexity index is 834. The Labute approximate surface area is 134 Å². The van der Waals surface area contributed by atoms with Crippen LogP contribution in [0.1, 0.15) is 16.8 Å². The molecular weight excluding hydrogens is 292 g/mol. The fourth-order valence-corrected chi connectivity index (χ4v) is 2.75. The molecule has 0 aliphatic rings. The number of hydrogen-bond acceptors (Lipinski definition) is 3. The molecule has 3 rings (SSSR count). The van der Waals surface area contributed by atoms with Gasteiger partial charge in [-0.1, -0.05) is 12.1 Å². The summed E-state index contributed by atoms with van der Waals surface area (Å²) in [4.78, 5) is 14.8. The molecule has 0 fully saturated rings. The first-order valence-corrected chi connectivity index (χ1v) is 7.54. The summed E-state index contributed by atoms with van der Waals surface area (Å²) >= 11 is 0. The van der Waals surface area contributed by atoms with E-state index in [9.17, 15) is 9.90 Å². The molecule has 3 aromatic rings. The molecule has 0 saturated heterocycles. The number of aliphatic carboxylic acids is 1. The van der Waals surface area contributed by atoms with E-state index in [0.29, 0.717) is 13.0 Å². The van der Waals surface area contributed by atoms with Gasteiger partial charge in [-0.3, -0.25) is 14.8 Å². The number of aromatic amines is 1. The monoisotopic (exact) mass is 312 g/mol. The molecule has 2 heterocycles. The lowest BCUT2D eigenvalue weighted by Gasteiger charge is -2.12. The van der Waals surface area contributed by atoms with E-state index in [-0.39, 0.29) is 0 Å². The predicted octanol–water partition coefficient (Wildman–Crippen LogP) is 2.00. The summed E-state index contributed by atoms with van der Waals surface area (Å²) in [5.74, 6) is -0.860. The molecule has 0 aliphatic carbocycles. The molecule has 6 heteroatoms. The molecule has 1 unspecified atom stereocenters. The highest BCUT2D eigenvalue weighted by molar-refractivity contribution is 5.83. The van der Waals surface area contributed by atoms with Crippen molar-refractivity contribution in [2.24, 2.45) is 7.05 Å². The molecule has 0 radical (unpaired) electrons. The van der Waals surface area contributed by atoms with Crippen molar-refractivity contribution in [2.45, 2.75) is 25.9 Å². The minimum absolute atomic E-state index is 0.405. The quantitative estimate of drug-likeness (QED) is 0.650. The van der Waals surface area contributed by atoms with Crippen LogP contribution in [0.3, 0.4) is 0 Å². The average molecular weight is 312 g/mol. The fourth-order valence-electron chi connectivity index (χ4n) is 2.75. The summed E-state index contributed by atoms with van der Waals surface area (Å²) in [6.45, 7) is 2.54.